The number of amides is 1. The summed E-state index contributed by atoms with van der Waals surface area (Å²) in [6, 6.07) is 4.65. The molecule has 1 rings (SSSR count). The third-order valence-corrected chi connectivity index (χ3v) is 2.63. The van der Waals surface area contributed by atoms with Crippen molar-refractivity contribution in [3.8, 4) is 0 Å². The van der Waals surface area contributed by atoms with E-state index < -0.39 is 11.7 Å². The van der Waals surface area contributed by atoms with E-state index in [2.05, 4.69) is 5.32 Å². The first kappa shape index (κ1) is 14.5. The number of anilines is 1. The van der Waals surface area contributed by atoms with E-state index >= 15 is 0 Å². The summed E-state index contributed by atoms with van der Waals surface area (Å²) >= 11 is 0. The average molecular weight is 259 g/mol. The van der Waals surface area contributed by atoms with Gasteiger partial charge in [-0.25, -0.2) is 0 Å². The lowest BCUT2D eigenvalue weighted by atomic mass is 10.1. The zero-order valence-corrected chi connectivity index (χ0v) is 10.3. The number of carbonyl (C=O) groups is 1. The Morgan fingerprint density at radius 2 is 2.06 bits per heavy atom. The van der Waals surface area contributed by atoms with Gasteiger partial charge in [0.1, 0.15) is 0 Å². The van der Waals surface area contributed by atoms with Crippen LogP contribution >= 0.6 is 0 Å². The zero-order chi connectivity index (χ0) is 13.8. The number of benzene rings is 1. The Balaban J connectivity index is 2.77. The number of hydrogen-bond acceptors (Lipinski definition) is 1. The molecule has 0 heterocycles. The summed E-state index contributed by atoms with van der Waals surface area (Å²) in [5.74, 6) is -0.458. The molecule has 0 spiro atoms. The van der Waals surface area contributed by atoms with Crippen molar-refractivity contribution < 1.29 is 18.0 Å². The molecule has 0 fully saturated rings. The van der Waals surface area contributed by atoms with Gasteiger partial charge in [0.05, 0.1) is 5.56 Å². The first-order valence-electron chi connectivity index (χ1n) is 5.82. The van der Waals surface area contributed by atoms with E-state index in [1.165, 1.54) is 12.1 Å². The van der Waals surface area contributed by atoms with E-state index in [0.29, 0.717) is 6.42 Å². The zero-order valence-electron chi connectivity index (χ0n) is 10.3. The van der Waals surface area contributed by atoms with Crippen molar-refractivity contribution >= 4 is 11.6 Å². The minimum Gasteiger partial charge on any atom is -0.326 e. The number of alkyl halides is 3. The number of carbonyl (C=O) groups excluding carboxylic acids is 1. The van der Waals surface area contributed by atoms with Gasteiger partial charge in [0.25, 0.3) is 0 Å². The molecular weight excluding hydrogens is 243 g/mol. The first-order valence-corrected chi connectivity index (χ1v) is 5.82. The molecule has 1 amide bonds. The summed E-state index contributed by atoms with van der Waals surface area (Å²) in [5.41, 5.74) is -0.582. The number of halogens is 3. The number of rotatable bonds is 4. The fourth-order valence-electron chi connectivity index (χ4n) is 1.60. The van der Waals surface area contributed by atoms with Gasteiger partial charge in [-0.1, -0.05) is 26.3 Å². The molecule has 0 saturated heterocycles. The largest absolute Gasteiger partial charge is 0.416 e. The van der Waals surface area contributed by atoms with E-state index in [1.807, 2.05) is 6.92 Å². The van der Waals surface area contributed by atoms with Crippen molar-refractivity contribution in [1.82, 2.24) is 0 Å². The normalized spacial score (nSPS) is 13.2. The smallest absolute Gasteiger partial charge is 0.326 e. The molecule has 2 nitrogen and oxygen atoms in total. The predicted molar refractivity (Wildman–Crippen MR) is 64.1 cm³/mol. The maximum atomic E-state index is 12.5. The predicted octanol–water partition coefficient (Wildman–Crippen LogP) is 4.08. The quantitative estimate of drug-likeness (QED) is 0.867. The van der Waals surface area contributed by atoms with Gasteiger partial charge < -0.3 is 5.32 Å². The third kappa shape index (κ3) is 4.05. The highest BCUT2D eigenvalue weighted by atomic mass is 19.4. The van der Waals surface area contributed by atoms with E-state index in [4.69, 9.17) is 0 Å². The Bertz CT molecular complexity index is 415. The topological polar surface area (TPSA) is 29.1 Å². The molecular formula is C13H16F3NO. The SMILES string of the molecule is CCCC(C)C(=O)Nc1cccc(C(F)(F)F)c1. The van der Waals surface area contributed by atoms with Crippen LogP contribution in [0.15, 0.2) is 24.3 Å². The molecule has 18 heavy (non-hydrogen) atoms. The van der Waals surface area contributed by atoms with Crippen molar-refractivity contribution in [2.45, 2.75) is 32.9 Å². The molecule has 5 heteroatoms. The lowest BCUT2D eigenvalue weighted by molar-refractivity contribution is -0.137. The van der Waals surface area contributed by atoms with Crippen molar-refractivity contribution in [1.29, 1.82) is 0 Å². The van der Waals surface area contributed by atoms with Crippen molar-refractivity contribution in [3.63, 3.8) is 0 Å². The van der Waals surface area contributed by atoms with Gasteiger partial charge in [-0.15, -0.1) is 0 Å². The second-order valence-corrected chi connectivity index (χ2v) is 4.26. The second kappa shape index (κ2) is 5.89. The van der Waals surface area contributed by atoms with Crippen LogP contribution in [0.1, 0.15) is 32.3 Å². The molecule has 0 saturated carbocycles. The highest BCUT2D eigenvalue weighted by molar-refractivity contribution is 5.92. The van der Waals surface area contributed by atoms with Crippen molar-refractivity contribution in [3.05, 3.63) is 29.8 Å². The Labute approximate surface area is 104 Å². The van der Waals surface area contributed by atoms with E-state index in [9.17, 15) is 18.0 Å². The summed E-state index contributed by atoms with van der Waals surface area (Å²) in [6.07, 6.45) is -2.82. The maximum Gasteiger partial charge on any atom is 0.416 e. The highest BCUT2D eigenvalue weighted by Crippen LogP contribution is 2.30. The summed E-state index contributed by atoms with van der Waals surface area (Å²) in [4.78, 5) is 11.7. The van der Waals surface area contributed by atoms with Crippen LogP contribution in [0, 0.1) is 5.92 Å². The Kier molecular flexibility index (Phi) is 4.76. The summed E-state index contributed by atoms with van der Waals surface area (Å²) in [6.45, 7) is 3.71. The van der Waals surface area contributed by atoms with E-state index in [1.54, 1.807) is 6.92 Å². The molecule has 0 bridgehead atoms. The number of nitrogens with one attached hydrogen (secondary N) is 1. The average Bonchev–Trinajstić information content (AvgIpc) is 2.28. The third-order valence-electron chi connectivity index (χ3n) is 2.63. The summed E-state index contributed by atoms with van der Waals surface area (Å²) in [7, 11) is 0. The molecule has 1 unspecified atom stereocenters. The van der Waals surface area contributed by atoms with Crippen molar-refractivity contribution in [2.75, 3.05) is 5.32 Å². The molecule has 1 aromatic rings. The van der Waals surface area contributed by atoms with Crippen LogP contribution in [-0.2, 0) is 11.0 Å². The Morgan fingerprint density at radius 3 is 2.61 bits per heavy atom. The van der Waals surface area contributed by atoms with Gasteiger partial charge in [-0.3, -0.25) is 4.79 Å². The van der Waals surface area contributed by atoms with Crippen LogP contribution in [0.4, 0.5) is 18.9 Å². The molecule has 1 N–H and O–H groups in total. The molecule has 0 aliphatic carbocycles. The first-order chi connectivity index (χ1) is 8.34. The summed E-state index contributed by atoms with van der Waals surface area (Å²) < 4.78 is 37.4. The van der Waals surface area contributed by atoms with Crippen LogP contribution in [0.5, 0.6) is 0 Å². The Hall–Kier alpha value is -1.52. The van der Waals surface area contributed by atoms with Crippen LogP contribution in [0.25, 0.3) is 0 Å². The van der Waals surface area contributed by atoms with Gasteiger partial charge in [0.15, 0.2) is 0 Å². The molecule has 1 atom stereocenters. The van der Waals surface area contributed by atoms with Gasteiger partial charge in [-0.2, -0.15) is 13.2 Å². The van der Waals surface area contributed by atoms with Gasteiger partial charge in [0.2, 0.25) is 5.91 Å². The van der Waals surface area contributed by atoms with Gasteiger partial charge >= 0.3 is 6.18 Å². The van der Waals surface area contributed by atoms with Crippen LogP contribution in [-0.4, -0.2) is 5.91 Å². The molecule has 0 aliphatic heterocycles. The fourth-order valence-corrected chi connectivity index (χ4v) is 1.60. The minimum atomic E-state index is -4.39. The summed E-state index contributed by atoms with van der Waals surface area (Å²) in [5, 5.41) is 2.50. The van der Waals surface area contributed by atoms with Gasteiger partial charge in [-0.05, 0) is 24.6 Å². The number of hydrogen-bond donors (Lipinski definition) is 1. The highest BCUT2D eigenvalue weighted by Gasteiger charge is 2.30. The Morgan fingerprint density at radius 1 is 1.39 bits per heavy atom. The maximum absolute atomic E-state index is 12.5. The molecule has 100 valence electrons. The van der Waals surface area contributed by atoms with Crippen LogP contribution in [0.3, 0.4) is 0 Å². The lowest BCUT2D eigenvalue weighted by Gasteiger charge is -2.13. The van der Waals surface area contributed by atoms with E-state index in [-0.39, 0.29) is 17.5 Å². The standard InChI is InChI=1S/C13H16F3NO/c1-3-5-9(2)12(18)17-11-7-4-6-10(8-11)13(14,15)16/h4,6-9H,3,5H2,1-2H3,(H,17,18). The van der Waals surface area contributed by atoms with Crippen LogP contribution < -0.4 is 5.32 Å². The van der Waals surface area contributed by atoms with Gasteiger partial charge in [0, 0.05) is 11.6 Å². The molecule has 0 aromatic heterocycles. The molecule has 0 aliphatic rings. The van der Waals surface area contributed by atoms with Crippen LogP contribution in [0.2, 0.25) is 0 Å². The molecule has 0 radical (unpaired) electrons. The minimum absolute atomic E-state index is 0.178. The van der Waals surface area contributed by atoms with E-state index in [0.717, 1.165) is 18.6 Å². The van der Waals surface area contributed by atoms with Crippen molar-refractivity contribution in [2.24, 2.45) is 5.92 Å². The molecule has 1 aromatic carbocycles. The monoisotopic (exact) mass is 259 g/mol. The second-order valence-electron chi connectivity index (χ2n) is 4.26. The fraction of sp³-hybridized carbons (Fsp3) is 0.462. The lowest BCUT2D eigenvalue weighted by Crippen LogP contribution is -2.20.